The highest BCUT2D eigenvalue weighted by Gasteiger charge is 2.27. The predicted octanol–water partition coefficient (Wildman–Crippen LogP) is 2.89. The van der Waals surface area contributed by atoms with Gasteiger partial charge in [-0.15, -0.1) is 0 Å². The van der Waals surface area contributed by atoms with Crippen molar-refractivity contribution in [2.45, 2.75) is 70.9 Å². The summed E-state index contributed by atoms with van der Waals surface area (Å²) in [5, 5.41) is 3.52. The van der Waals surface area contributed by atoms with E-state index >= 15 is 0 Å². The third-order valence-corrected chi connectivity index (χ3v) is 3.86. The number of rotatable bonds is 6. The summed E-state index contributed by atoms with van der Waals surface area (Å²) in [7, 11) is 1.48. The lowest BCUT2D eigenvalue weighted by atomic mass is 9.85. The second-order valence-electron chi connectivity index (χ2n) is 5.25. The summed E-state index contributed by atoms with van der Waals surface area (Å²) in [4.78, 5) is 11.7. The molecule has 3 heteroatoms. The van der Waals surface area contributed by atoms with E-state index in [2.05, 4.69) is 19.2 Å². The van der Waals surface area contributed by atoms with Gasteiger partial charge < -0.3 is 10.1 Å². The third-order valence-electron chi connectivity index (χ3n) is 3.86. The largest absolute Gasteiger partial charge is 0.468 e. The van der Waals surface area contributed by atoms with Crippen LogP contribution in [0.25, 0.3) is 0 Å². The van der Waals surface area contributed by atoms with Gasteiger partial charge in [-0.3, -0.25) is 4.79 Å². The highest BCUT2D eigenvalue weighted by Crippen LogP contribution is 2.24. The highest BCUT2D eigenvalue weighted by atomic mass is 16.5. The van der Waals surface area contributed by atoms with E-state index in [9.17, 15) is 4.79 Å². The fraction of sp³-hybridized carbons (Fsp3) is 0.929. The summed E-state index contributed by atoms with van der Waals surface area (Å²) >= 11 is 0. The van der Waals surface area contributed by atoms with Gasteiger partial charge in [0.2, 0.25) is 0 Å². The van der Waals surface area contributed by atoms with Crippen LogP contribution in [0.1, 0.15) is 58.8 Å². The van der Waals surface area contributed by atoms with Crippen LogP contribution in [-0.4, -0.2) is 25.2 Å². The maximum absolute atomic E-state index is 11.7. The quantitative estimate of drug-likeness (QED) is 0.727. The summed E-state index contributed by atoms with van der Waals surface area (Å²) in [6.07, 6.45) is 8.18. The van der Waals surface area contributed by atoms with Crippen molar-refractivity contribution >= 4 is 5.97 Å². The van der Waals surface area contributed by atoms with Crippen LogP contribution in [0.5, 0.6) is 0 Å². The average molecular weight is 241 g/mol. The van der Waals surface area contributed by atoms with Crippen molar-refractivity contribution in [3.8, 4) is 0 Å². The van der Waals surface area contributed by atoms with Gasteiger partial charge >= 0.3 is 5.97 Å². The molecule has 1 aliphatic carbocycles. The Bertz CT molecular complexity index is 230. The Morgan fingerprint density at radius 1 is 1.41 bits per heavy atom. The number of nitrogens with one attached hydrogen (secondary N) is 1. The Morgan fingerprint density at radius 3 is 2.71 bits per heavy atom. The second kappa shape index (κ2) is 7.70. The SMILES string of the molecule is CCCCC(NC1CCCCC1C)C(=O)OC. The van der Waals surface area contributed by atoms with Gasteiger partial charge in [-0.1, -0.05) is 39.5 Å². The summed E-state index contributed by atoms with van der Waals surface area (Å²) in [6.45, 7) is 4.43. The number of unbranched alkanes of at least 4 members (excludes halogenated alkanes) is 1. The lowest BCUT2D eigenvalue weighted by molar-refractivity contribution is -0.143. The molecule has 1 rings (SSSR count). The number of hydrogen-bond acceptors (Lipinski definition) is 3. The molecule has 0 saturated heterocycles. The van der Waals surface area contributed by atoms with E-state index in [4.69, 9.17) is 4.74 Å². The molecule has 100 valence electrons. The van der Waals surface area contributed by atoms with Crippen LogP contribution in [0, 0.1) is 5.92 Å². The van der Waals surface area contributed by atoms with Crippen molar-refractivity contribution in [2.24, 2.45) is 5.92 Å². The maximum atomic E-state index is 11.7. The number of ether oxygens (including phenoxy) is 1. The number of carbonyl (C=O) groups excluding carboxylic acids is 1. The number of hydrogen-bond donors (Lipinski definition) is 1. The van der Waals surface area contributed by atoms with E-state index < -0.39 is 0 Å². The second-order valence-corrected chi connectivity index (χ2v) is 5.25. The fourth-order valence-electron chi connectivity index (χ4n) is 2.64. The molecule has 0 heterocycles. The van der Waals surface area contributed by atoms with E-state index in [0.717, 1.165) is 19.3 Å². The molecule has 0 aromatic carbocycles. The smallest absolute Gasteiger partial charge is 0.322 e. The standard InChI is InChI=1S/C14H27NO2/c1-4-5-9-13(14(16)17-3)15-12-10-7-6-8-11(12)2/h11-13,15H,4-10H2,1-3H3. The molecule has 0 amide bonds. The average Bonchev–Trinajstić information content (AvgIpc) is 2.35. The van der Waals surface area contributed by atoms with Crippen LogP contribution in [0.2, 0.25) is 0 Å². The monoisotopic (exact) mass is 241 g/mol. The molecule has 1 N–H and O–H groups in total. The summed E-state index contributed by atoms with van der Waals surface area (Å²) < 4.78 is 4.88. The first-order chi connectivity index (χ1) is 8.19. The van der Waals surface area contributed by atoms with Gasteiger partial charge in [-0.2, -0.15) is 0 Å². The molecule has 0 bridgehead atoms. The van der Waals surface area contributed by atoms with Crippen LogP contribution in [0.4, 0.5) is 0 Å². The molecular weight excluding hydrogens is 214 g/mol. The van der Waals surface area contributed by atoms with Gasteiger partial charge in [0.1, 0.15) is 6.04 Å². The van der Waals surface area contributed by atoms with Crippen LogP contribution in [0.3, 0.4) is 0 Å². The van der Waals surface area contributed by atoms with Crippen LogP contribution >= 0.6 is 0 Å². The first-order valence-electron chi connectivity index (χ1n) is 7.03. The molecule has 1 fully saturated rings. The topological polar surface area (TPSA) is 38.3 Å². The van der Waals surface area contributed by atoms with Crippen LogP contribution in [-0.2, 0) is 9.53 Å². The number of methoxy groups -OCH3 is 1. The van der Waals surface area contributed by atoms with Crippen molar-refractivity contribution in [1.82, 2.24) is 5.32 Å². The molecule has 0 radical (unpaired) electrons. The Balaban J connectivity index is 2.48. The minimum absolute atomic E-state index is 0.101. The minimum atomic E-state index is -0.106. The number of esters is 1. The first-order valence-corrected chi connectivity index (χ1v) is 7.03. The van der Waals surface area contributed by atoms with Crippen molar-refractivity contribution in [2.75, 3.05) is 7.11 Å². The van der Waals surface area contributed by atoms with Gasteiger partial charge in [0.15, 0.2) is 0 Å². The van der Waals surface area contributed by atoms with E-state index in [1.54, 1.807) is 0 Å². The molecule has 3 nitrogen and oxygen atoms in total. The Labute approximate surface area is 105 Å². The molecule has 3 unspecified atom stereocenters. The fourth-order valence-corrected chi connectivity index (χ4v) is 2.64. The van der Waals surface area contributed by atoms with Gasteiger partial charge in [0, 0.05) is 6.04 Å². The zero-order chi connectivity index (χ0) is 12.7. The normalized spacial score (nSPS) is 26.5. The van der Waals surface area contributed by atoms with E-state index in [1.807, 2.05) is 0 Å². The van der Waals surface area contributed by atoms with Crippen molar-refractivity contribution in [1.29, 1.82) is 0 Å². The molecule has 0 aromatic rings. The summed E-state index contributed by atoms with van der Waals surface area (Å²) in [5.74, 6) is 0.578. The molecule has 17 heavy (non-hydrogen) atoms. The van der Waals surface area contributed by atoms with Gasteiger partial charge in [-0.05, 0) is 25.2 Å². The van der Waals surface area contributed by atoms with Crippen LogP contribution in [0.15, 0.2) is 0 Å². The Kier molecular flexibility index (Phi) is 6.56. The van der Waals surface area contributed by atoms with Gasteiger partial charge in [0.25, 0.3) is 0 Å². The number of carbonyl (C=O) groups is 1. The van der Waals surface area contributed by atoms with Gasteiger partial charge in [-0.25, -0.2) is 0 Å². The first kappa shape index (κ1) is 14.5. The molecule has 0 aliphatic heterocycles. The predicted molar refractivity (Wildman–Crippen MR) is 69.9 cm³/mol. The molecule has 1 aliphatic rings. The molecule has 0 spiro atoms. The van der Waals surface area contributed by atoms with E-state index in [0.29, 0.717) is 12.0 Å². The zero-order valence-corrected chi connectivity index (χ0v) is 11.5. The van der Waals surface area contributed by atoms with Crippen molar-refractivity contribution in [3.63, 3.8) is 0 Å². The molecule has 3 atom stereocenters. The molecular formula is C14H27NO2. The maximum Gasteiger partial charge on any atom is 0.322 e. The van der Waals surface area contributed by atoms with Crippen LogP contribution < -0.4 is 5.32 Å². The summed E-state index contributed by atoms with van der Waals surface area (Å²) in [5.41, 5.74) is 0. The van der Waals surface area contributed by atoms with E-state index in [-0.39, 0.29) is 12.0 Å². The molecule has 0 aromatic heterocycles. The third kappa shape index (κ3) is 4.66. The lowest BCUT2D eigenvalue weighted by Gasteiger charge is -2.32. The van der Waals surface area contributed by atoms with Crippen molar-refractivity contribution in [3.05, 3.63) is 0 Å². The zero-order valence-electron chi connectivity index (χ0n) is 11.5. The summed E-state index contributed by atoms with van der Waals surface area (Å²) in [6, 6.07) is 0.384. The Hall–Kier alpha value is -0.570. The van der Waals surface area contributed by atoms with E-state index in [1.165, 1.54) is 32.8 Å². The highest BCUT2D eigenvalue weighted by molar-refractivity contribution is 5.75. The minimum Gasteiger partial charge on any atom is -0.468 e. The van der Waals surface area contributed by atoms with Gasteiger partial charge in [0.05, 0.1) is 7.11 Å². The van der Waals surface area contributed by atoms with Crippen molar-refractivity contribution < 1.29 is 9.53 Å². The Morgan fingerprint density at radius 2 is 2.12 bits per heavy atom. The molecule has 1 saturated carbocycles. The lowest BCUT2D eigenvalue weighted by Crippen LogP contribution is -2.47.